The van der Waals surface area contributed by atoms with Gasteiger partial charge in [-0.1, -0.05) is 18.2 Å². The Bertz CT molecular complexity index is 327. The van der Waals surface area contributed by atoms with Gasteiger partial charge in [-0.2, -0.15) is 0 Å². The van der Waals surface area contributed by atoms with Gasteiger partial charge in [0.05, 0.1) is 0 Å². The molecule has 0 spiro atoms. The van der Waals surface area contributed by atoms with Crippen molar-refractivity contribution in [2.45, 2.75) is 19.5 Å². The van der Waals surface area contributed by atoms with Crippen LogP contribution in [0.1, 0.15) is 12.5 Å². The van der Waals surface area contributed by atoms with Crippen LogP contribution in [0.5, 0.6) is 5.75 Å². The van der Waals surface area contributed by atoms with Crippen molar-refractivity contribution in [1.82, 2.24) is 10.2 Å². The van der Waals surface area contributed by atoms with E-state index in [0.29, 0.717) is 11.8 Å². The minimum absolute atomic E-state index is 0.406. The molecule has 1 aliphatic heterocycles. The molecule has 0 bridgehead atoms. The molecular formula is C12H18N2O. The lowest BCUT2D eigenvalue weighted by molar-refractivity contribution is 0.198. The van der Waals surface area contributed by atoms with Crippen LogP contribution in [-0.2, 0) is 6.54 Å². The van der Waals surface area contributed by atoms with Gasteiger partial charge in [0.15, 0.2) is 0 Å². The molecule has 1 atom stereocenters. The van der Waals surface area contributed by atoms with Crippen molar-refractivity contribution in [2.75, 3.05) is 19.6 Å². The van der Waals surface area contributed by atoms with Gasteiger partial charge in [-0.05, 0) is 13.0 Å². The number of piperazine rings is 1. The van der Waals surface area contributed by atoms with Crippen molar-refractivity contribution in [3.63, 3.8) is 0 Å². The van der Waals surface area contributed by atoms with Crippen LogP contribution in [0.4, 0.5) is 0 Å². The van der Waals surface area contributed by atoms with Crippen molar-refractivity contribution in [3.8, 4) is 5.75 Å². The highest BCUT2D eigenvalue weighted by molar-refractivity contribution is 5.31. The minimum atomic E-state index is 0.406. The number of phenols is 1. The number of aromatic hydroxyl groups is 1. The third-order valence-corrected chi connectivity index (χ3v) is 2.84. The summed E-state index contributed by atoms with van der Waals surface area (Å²) in [6, 6.07) is 8.12. The molecule has 0 aliphatic carbocycles. The maximum Gasteiger partial charge on any atom is 0.120 e. The Morgan fingerprint density at radius 1 is 1.47 bits per heavy atom. The summed E-state index contributed by atoms with van der Waals surface area (Å²) in [6.07, 6.45) is 0. The van der Waals surface area contributed by atoms with Crippen LogP contribution in [0.25, 0.3) is 0 Å². The van der Waals surface area contributed by atoms with Crippen LogP contribution in [0, 0.1) is 0 Å². The molecule has 3 nitrogen and oxygen atoms in total. The fraction of sp³-hybridized carbons (Fsp3) is 0.500. The summed E-state index contributed by atoms with van der Waals surface area (Å²) in [5, 5.41) is 13.1. The van der Waals surface area contributed by atoms with Crippen molar-refractivity contribution in [2.24, 2.45) is 0 Å². The number of rotatable bonds is 2. The molecule has 2 rings (SSSR count). The normalized spacial score (nSPS) is 22.9. The van der Waals surface area contributed by atoms with Crippen LogP contribution in [0.3, 0.4) is 0 Å². The topological polar surface area (TPSA) is 35.5 Å². The third kappa shape index (κ3) is 2.70. The molecule has 1 heterocycles. The van der Waals surface area contributed by atoms with Crippen molar-refractivity contribution in [1.29, 1.82) is 0 Å². The Morgan fingerprint density at radius 3 is 3.00 bits per heavy atom. The van der Waals surface area contributed by atoms with E-state index >= 15 is 0 Å². The number of hydrogen-bond donors (Lipinski definition) is 2. The molecule has 1 aromatic carbocycles. The Hall–Kier alpha value is -1.06. The van der Waals surface area contributed by atoms with Crippen LogP contribution < -0.4 is 5.32 Å². The van der Waals surface area contributed by atoms with E-state index in [1.165, 1.54) is 0 Å². The number of benzene rings is 1. The minimum Gasteiger partial charge on any atom is -0.508 e. The highest BCUT2D eigenvalue weighted by Crippen LogP contribution is 2.18. The second-order valence-corrected chi connectivity index (χ2v) is 4.22. The third-order valence-electron chi connectivity index (χ3n) is 2.84. The van der Waals surface area contributed by atoms with Gasteiger partial charge in [0, 0.05) is 37.8 Å². The zero-order valence-corrected chi connectivity index (χ0v) is 9.11. The molecule has 0 aromatic heterocycles. The van der Waals surface area contributed by atoms with E-state index in [9.17, 15) is 5.11 Å². The fourth-order valence-electron chi connectivity index (χ4n) is 2.04. The predicted octanol–water partition coefficient (Wildman–Crippen LogP) is 1.19. The lowest BCUT2D eigenvalue weighted by Gasteiger charge is -2.31. The number of nitrogens with one attached hydrogen (secondary N) is 1. The molecule has 15 heavy (non-hydrogen) atoms. The molecule has 2 N–H and O–H groups in total. The Kier molecular flexibility index (Phi) is 3.23. The standard InChI is InChI=1S/C12H18N2O/c1-10-8-14(7-6-13-10)9-11-4-2-3-5-12(11)15/h2-5,10,13,15H,6-9H2,1H3. The smallest absolute Gasteiger partial charge is 0.120 e. The van der Waals surface area contributed by atoms with Gasteiger partial charge in [0.1, 0.15) is 5.75 Å². The molecule has 0 saturated carbocycles. The Labute approximate surface area is 90.7 Å². The highest BCUT2D eigenvalue weighted by atomic mass is 16.3. The number of para-hydroxylation sites is 1. The molecule has 0 amide bonds. The van der Waals surface area contributed by atoms with Crippen molar-refractivity contribution >= 4 is 0 Å². The summed E-state index contributed by atoms with van der Waals surface area (Å²) in [6.45, 7) is 6.18. The molecule has 1 aliphatic rings. The van der Waals surface area contributed by atoms with Gasteiger partial charge in [-0.15, -0.1) is 0 Å². The van der Waals surface area contributed by atoms with E-state index in [1.54, 1.807) is 6.07 Å². The Morgan fingerprint density at radius 2 is 2.27 bits per heavy atom. The lowest BCUT2D eigenvalue weighted by atomic mass is 10.1. The van der Waals surface area contributed by atoms with Gasteiger partial charge in [-0.3, -0.25) is 4.90 Å². The quantitative estimate of drug-likeness (QED) is 0.763. The molecule has 1 saturated heterocycles. The van der Waals surface area contributed by atoms with E-state index in [-0.39, 0.29) is 0 Å². The molecule has 0 radical (unpaired) electrons. The zero-order valence-electron chi connectivity index (χ0n) is 9.11. The number of nitrogens with zero attached hydrogens (tertiary/aromatic N) is 1. The summed E-state index contributed by atoms with van der Waals surface area (Å²) in [5.74, 6) is 0.406. The van der Waals surface area contributed by atoms with Crippen LogP contribution in [0.2, 0.25) is 0 Å². The maximum absolute atomic E-state index is 9.66. The highest BCUT2D eigenvalue weighted by Gasteiger charge is 2.16. The molecular weight excluding hydrogens is 188 g/mol. The van der Waals surface area contributed by atoms with E-state index < -0.39 is 0 Å². The van der Waals surface area contributed by atoms with E-state index in [2.05, 4.69) is 17.1 Å². The van der Waals surface area contributed by atoms with Gasteiger partial charge >= 0.3 is 0 Å². The average Bonchev–Trinajstić information content (AvgIpc) is 2.22. The van der Waals surface area contributed by atoms with E-state index in [0.717, 1.165) is 31.7 Å². The first-order chi connectivity index (χ1) is 7.25. The summed E-state index contributed by atoms with van der Waals surface area (Å²) < 4.78 is 0. The molecule has 3 heteroatoms. The first-order valence-electron chi connectivity index (χ1n) is 5.48. The average molecular weight is 206 g/mol. The molecule has 82 valence electrons. The largest absolute Gasteiger partial charge is 0.508 e. The van der Waals surface area contributed by atoms with Crippen molar-refractivity contribution < 1.29 is 5.11 Å². The maximum atomic E-state index is 9.66. The van der Waals surface area contributed by atoms with E-state index in [4.69, 9.17) is 0 Å². The van der Waals surface area contributed by atoms with Crippen LogP contribution in [0.15, 0.2) is 24.3 Å². The summed E-state index contributed by atoms with van der Waals surface area (Å²) in [4.78, 5) is 2.37. The molecule has 1 aromatic rings. The first kappa shape index (κ1) is 10.5. The van der Waals surface area contributed by atoms with Crippen LogP contribution >= 0.6 is 0 Å². The summed E-state index contributed by atoms with van der Waals surface area (Å²) in [7, 11) is 0. The van der Waals surface area contributed by atoms with Gasteiger partial charge in [0.25, 0.3) is 0 Å². The number of phenolic OH excluding ortho intramolecular Hbond substituents is 1. The van der Waals surface area contributed by atoms with E-state index in [1.807, 2.05) is 18.2 Å². The van der Waals surface area contributed by atoms with Gasteiger partial charge < -0.3 is 10.4 Å². The molecule has 1 fully saturated rings. The lowest BCUT2D eigenvalue weighted by Crippen LogP contribution is -2.48. The first-order valence-corrected chi connectivity index (χ1v) is 5.48. The zero-order chi connectivity index (χ0) is 10.7. The SMILES string of the molecule is CC1CN(Cc2ccccc2O)CCN1. The van der Waals surface area contributed by atoms with Crippen LogP contribution in [-0.4, -0.2) is 35.7 Å². The number of hydrogen-bond acceptors (Lipinski definition) is 3. The summed E-state index contributed by atoms with van der Waals surface area (Å²) >= 11 is 0. The fourth-order valence-corrected chi connectivity index (χ4v) is 2.04. The van der Waals surface area contributed by atoms with Gasteiger partial charge in [0.2, 0.25) is 0 Å². The predicted molar refractivity (Wildman–Crippen MR) is 60.8 cm³/mol. The Balaban J connectivity index is 1.99. The van der Waals surface area contributed by atoms with Crippen molar-refractivity contribution in [3.05, 3.63) is 29.8 Å². The molecule has 1 unspecified atom stereocenters. The second kappa shape index (κ2) is 4.64. The summed E-state index contributed by atoms with van der Waals surface area (Å²) in [5.41, 5.74) is 1.02. The second-order valence-electron chi connectivity index (χ2n) is 4.22. The van der Waals surface area contributed by atoms with Gasteiger partial charge in [-0.25, -0.2) is 0 Å². The monoisotopic (exact) mass is 206 g/mol.